The first-order chi connectivity index (χ1) is 11.1. The third-order valence-corrected chi connectivity index (χ3v) is 5.06. The van der Waals surface area contributed by atoms with Gasteiger partial charge in [0.15, 0.2) is 0 Å². The summed E-state index contributed by atoms with van der Waals surface area (Å²) in [7, 11) is 0. The number of nitrogens with zero attached hydrogens (tertiary/aromatic N) is 1. The van der Waals surface area contributed by atoms with Crippen molar-refractivity contribution in [2.45, 2.75) is 57.5 Å². The zero-order valence-electron chi connectivity index (χ0n) is 13.9. The normalized spacial score (nSPS) is 24.4. The summed E-state index contributed by atoms with van der Waals surface area (Å²) in [4.78, 5) is 14.7. The molecule has 126 valence electrons. The summed E-state index contributed by atoms with van der Waals surface area (Å²) >= 11 is 0. The lowest BCUT2D eigenvalue weighted by molar-refractivity contribution is -0.131. The van der Waals surface area contributed by atoms with Crippen LogP contribution in [0, 0.1) is 11.7 Å². The van der Waals surface area contributed by atoms with E-state index in [0.717, 1.165) is 43.8 Å². The predicted molar refractivity (Wildman–Crippen MR) is 89.6 cm³/mol. The fourth-order valence-corrected chi connectivity index (χ4v) is 3.37. The number of benzene rings is 1. The molecule has 3 rings (SSSR count). The standard InChI is InChI=1S/C19H27FN2O/c1-14-2-7-17(21-13-14)10-11-22(18-8-9-18)19(23)12-15-3-5-16(20)6-4-15/h3-6,14,17-18,21H,2,7-13H2,1H3. The van der Waals surface area contributed by atoms with Crippen molar-refractivity contribution in [3.8, 4) is 0 Å². The van der Waals surface area contributed by atoms with Gasteiger partial charge in [0.05, 0.1) is 6.42 Å². The first kappa shape index (κ1) is 16.4. The molecule has 1 saturated heterocycles. The molecule has 0 aromatic heterocycles. The van der Waals surface area contributed by atoms with Crippen LogP contribution in [-0.4, -0.2) is 36.0 Å². The summed E-state index contributed by atoms with van der Waals surface area (Å²) in [6.07, 6.45) is 6.18. The van der Waals surface area contributed by atoms with Crippen LogP contribution in [0.3, 0.4) is 0 Å². The maximum atomic E-state index is 13.0. The molecule has 4 heteroatoms. The molecule has 0 spiro atoms. The van der Waals surface area contributed by atoms with Crippen LogP contribution in [0.15, 0.2) is 24.3 Å². The molecule has 2 aliphatic rings. The molecule has 1 aromatic rings. The van der Waals surface area contributed by atoms with Crippen LogP contribution in [0.25, 0.3) is 0 Å². The second-order valence-corrected chi connectivity index (χ2v) is 7.20. The number of piperidine rings is 1. The van der Waals surface area contributed by atoms with Gasteiger partial charge in [-0.05, 0) is 62.3 Å². The van der Waals surface area contributed by atoms with Gasteiger partial charge in [-0.1, -0.05) is 19.1 Å². The topological polar surface area (TPSA) is 32.3 Å². The molecule has 23 heavy (non-hydrogen) atoms. The van der Waals surface area contributed by atoms with Crippen molar-refractivity contribution < 1.29 is 9.18 Å². The molecule has 1 heterocycles. The summed E-state index contributed by atoms with van der Waals surface area (Å²) in [6.45, 7) is 4.22. The van der Waals surface area contributed by atoms with E-state index in [0.29, 0.717) is 18.5 Å². The smallest absolute Gasteiger partial charge is 0.227 e. The Labute approximate surface area is 138 Å². The van der Waals surface area contributed by atoms with E-state index in [-0.39, 0.29) is 11.7 Å². The van der Waals surface area contributed by atoms with Gasteiger partial charge in [-0.15, -0.1) is 0 Å². The van der Waals surface area contributed by atoms with Gasteiger partial charge >= 0.3 is 0 Å². The Kier molecular flexibility index (Phi) is 5.31. The summed E-state index contributed by atoms with van der Waals surface area (Å²) in [6, 6.07) is 7.26. The average Bonchev–Trinajstić information content (AvgIpc) is 3.36. The summed E-state index contributed by atoms with van der Waals surface area (Å²) in [5.74, 6) is 0.701. The van der Waals surface area contributed by atoms with E-state index in [9.17, 15) is 9.18 Å². The lowest BCUT2D eigenvalue weighted by Crippen LogP contribution is -2.42. The largest absolute Gasteiger partial charge is 0.339 e. The monoisotopic (exact) mass is 318 g/mol. The number of hydrogen-bond donors (Lipinski definition) is 1. The molecule has 2 fully saturated rings. The van der Waals surface area contributed by atoms with Crippen LogP contribution in [0.2, 0.25) is 0 Å². The van der Waals surface area contributed by atoms with Crippen molar-refractivity contribution in [1.82, 2.24) is 10.2 Å². The molecule has 0 radical (unpaired) electrons. The second-order valence-electron chi connectivity index (χ2n) is 7.20. The van der Waals surface area contributed by atoms with Crippen LogP contribution in [0.4, 0.5) is 4.39 Å². The highest BCUT2D eigenvalue weighted by Crippen LogP contribution is 2.28. The Balaban J connectivity index is 1.51. The number of halogens is 1. The van der Waals surface area contributed by atoms with Crippen LogP contribution in [0.5, 0.6) is 0 Å². The molecule has 2 unspecified atom stereocenters. The van der Waals surface area contributed by atoms with E-state index in [1.54, 1.807) is 12.1 Å². The molecule has 1 aliphatic heterocycles. The first-order valence-corrected chi connectivity index (χ1v) is 8.89. The van der Waals surface area contributed by atoms with E-state index in [2.05, 4.69) is 17.1 Å². The summed E-state index contributed by atoms with van der Waals surface area (Å²) in [5, 5.41) is 3.60. The number of amides is 1. The Morgan fingerprint density at radius 2 is 1.96 bits per heavy atom. The third kappa shape index (κ3) is 4.77. The maximum Gasteiger partial charge on any atom is 0.227 e. The van der Waals surface area contributed by atoms with E-state index in [1.807, 2.05) is 0 Å². The SMILES string of the molecule is CC1CCC(CCN(C(=O)Cc2ccc(F)cc2)C2CC2)NC1. The Morgan fingerprint density at radius 1 is 1.22 bits per heavy atom. The first-order valence-electron chi connectivity index (χ1n) is 8.89. The molecule has 1 aliphatic carbocycles. The van der Waals surface area contributed by atoms with Gasteiger partial charge in [-0.3, -0.25) is 4.79 Å². The molecule has 1 aromatic carbocycles. The number of nitrogens with one attached hydrogen (secondary N) is 1. The van der Waals surface area contributed by atoms with Crippen molar-refractivity contribution in [3.63, 3.8) is 0 Å². The Morgan fingerprint density at radius 3 is 2.57 bits per heavy atom. The molecular formula is C19H27FN2O. The van der Waals surface area contributed by atoms with Gasteiger partial charge in [0, 0.05) is 18.6 Å². The van der Waals surface area contributed by atoms with Gasteiger partial charge in [0.25, 0.3) is 0 Å². The van der Waals surface area contributed by atoms with Crippen molar-refractivity contribution in [3.05, 3.63) is 35.6 Å². The van der Waals surface area contributed by atoms with E-state index < -0.39 is 0 Å². The maximum absolute atomic E-state index is 13.0. The van der Waals surface area contributed by atoms with E-state index in [4.69, 9.17) is 0 Å². The predicted octanol–water partition coefficient (Wildman–Crippen LogP) is 3.14. The van der Waals surface area contributed by atoms with Gasteiger partial charge in [-0.25, -0.2) is 4.39 Å². The van der Waals surface area contributed by atoms with Crippen LogP contribution in [-0.2, 0) is 11.2 Å². The number of carbonyl (C=O) groups is 1. The lowest BCUT2D eigenvalue weighted by Gasteiger charge is -2.30. The number of hydrogen-bond acceptors (Lipinski definition) is 2. The van der Waals surface area contributed by atoms with Crippen LogP contribution >= 0.6 is 0 Å². The van der Waals surface area contributed by atoms with Crippen molar-refractivity contribution >= 4 is 5.91 Å². The van der Waals surface area contributed by atoms with Gasteiger partial charge in [0.1, 0.15) is 5.82 Å². The number of rotatable bonds is 6. The molecule has 0 bridgehead atoms. The average molecular weight is 318 g/mol. The lowest BCUT2D eigenvalue weighted by atomic mass is 9.94. The zero-order chi connectivity index (χ0) is 16.2. The van der Waals surface area contributed by atoms with Gasteiger partial charge in [-0.2, -0.15) is 0 Å². The Hall–Kier alpha value is -1.42. The van der Waals surface area contributed by atoms with E-state index in [1.165, 1.54) is 25.0 Å². The minimum Gasteiger partial charge on any atom is -0.339 e. The molecule has 1 amide bonds. The Bertz CT molecular complexity index is 519. The molecule has 2 atom stereocenters. The number of carbonyl (C=O) groups excluding carboxylic acids is 1. The van der Waals surface area contributed by atoms with Crippen molar-refractivity contribution in [1.29, 1.82) is 0 Å². The highest BCUT2D eigenvalue weighted by Gasteiger charge is 2.32. The van der Waals surface area contributed by atoms with Crippen molar-refractivity contribution in [2.24, 2.45) is 5.92 Å². The zero-order valence-corrected chi connectivity index (χ0v) is 13.9. The summed E-state index contributed by atoms with van der Waals surface area (Å²) < 4.78 is 13.0. The van der Waals surface area contributed by atoms with Crippen LogP contribution < -0.4 is 5.32 Å². The fraction of sp³-hybridized carbons (Fsp3) is 0.632. The summed E-state index contributed by atoms with van der Waals surface area (Å²) in [5.41, 5.74) is 0.895. The third-order valence-electron chi connectivity index (χ3n) is 5.06. The molecule has 1 N–H and O–H groups in total. The quantitative estimate of drug-likeness (QED) is 0.874. The highest BCUT2D eigenvalue weighted by molar-refractivity contribution is 5.79. The highest BCUT2D eigenvalue weighted by atomic mass is 19.1. The van der Waals surface area contributed by atoms with E-state index >= 15 is 0 Å². The van der Waals surface area contributed by atoms with Crippen molar-refractivity contribution in [2.75, 3.05) is 13.1 Å². The molecule has 3 nitrogen and oxygen atoms in total. The van der Waals surface area contributed by atoms with Gasteiger partial charge in [0.2, 0.25) is 5.91 Å². The molecule has 1 saturated carbocycles. The second kappa shape index (κ2) is 7.43. The minimum atomic E-state index is -0.252. The van der Waals surface area contributed by atoms with Gasteiger partial charge < -0.3 is 10.2 Å². The fourth-order valence-electron chi connectivity index (χ4n) is 3.37. The molecular weight excluding hydrogens is 291 g/mol. The van der Waals surface area contributed by atoms with Crippen LogP contribution in [0.1, 0.15) is 44.6 Å². The minimum absolute atomic E-state index is 0.184.